The van der Waals surface area contributed by atoms with Gasteiger partial charge in [0.25, 0.3) is 0 Å². The minimum atomic E-state index is 0.128. The van der Waals surface area contributed by atoms with Gasteiger partial charge in [0.15, 0.2) is 0 Å². The van der Waals surface area contributed by atoms with E-state index < -0.39 is 0 Å². The molecule has 0 bridgehead atoms. The lowest BCUT2D eigenvalue weighted by molar-refractivity contribution is -0.127. The second-order valence-corrected chi connectivity index (χ2v) is 7.03. The smallest absolute Gasteiger partial charge is 0.246 e. The van der Waals surface area contributed by atoms with Crippen LogP contribution in [-0.4, -0.2) is 29.9 Å². The summed E-state index contributed by atoms with van der Waals surface area (Å²) in [6.07, 6.45) is 5.48. The van der Waals surface area contributed by atoms with Crippen LogP contribution in [0.5, 0.6) is 0 Å². The van der Waals surface area contributed by atoms with E-state index in [-0.39, 0.29) is 5.91 Å². The number of amides is 1. The number of allylic oxidation sites excluding steroid dienone is 1. The van der Waals surface area contributed by atoms with Gasteiger partial charge in [-0.05, 0) is 36.8 Å². The zero-order chi connectivity index (χ0) is 18.7. The number of carbonyl (C=O) groups is 1. The van der Waals surface area contributed by atoms with E-state index in [1.165, 1.54) is 11.1 Å². The van der Waals surface area contributed by atoms with E-state index in [1.54, 1.807) is 18.0 Å². The highest BCUT2D eigenvalue weighted by molar-refractivity contribution is 7.20. The Morgan fingerprint density at radius 1 is 1.40 bits per heavy atom. The van der Waals surface area contributed by atoms with Crippen LogP contribution in [0.3, 0.4) is 0 Å². The monoisotopic (exact) mass is 360 g/mol. The third kappa shape index (κ3) is 7.98. The predicted molar refractivity (Wildman–Crippen MR) is 112 cm³/mol. The Labute approximate surface area is 155 Å². The summed E-state index contributed by atoms with van der Waals surface area (Å²) in [7, 11) is 2.46. The second-order valence-electron chi connectivity index (χ2n) is 6.65. The van der Waals surface area contributed by atoms with Crippen molar-refractivity contribution in [2.24, 2.45) is 0 Å². The molecule has 1 aromatic rings. The van der Waals surface area contributed by atoms with E-state index in [4.69, 9.17) is 0 Å². The lowest BCUT2D eigenvalue weighted by Gasteiger charge is -2.31. The van der Waals surface area contributed by atoms with Crippen LogP contribution in [0.4, 0.5) is 0 Å². The number of piperidine rings is 1. The molecular formula is C21H33N2OP. The number of hydrogen-bond acceptors (Lipinski definition) is 2. The summed E-state index contributed by atoms with van der Waals surface area (Å²) >= 11 is 0. The van der Waals surface area contributed by atoms with Crippen molar-refractivity contribution in [2.75, 3.05) is 13.1 Å². The first kappa shape index (κ1) is 21.6. The Bertz CT molecular complexity index is 561. The van der Waals surface area contributed by atoms with Crippen LogP contribution < -0.4 is 5.32 Å². The van der Waals surface area contributed by atoms with E-state index in [9.17, 15) is 4.79 Å². The number of rotatable bonds is 5. The lowest BCUT2D eigenvalue weighted by Crippen LogP contribution is -2.36. The van der Waals surface area contributed by atoms with Crippen LogP contribution in [0.15, 0.2) is 48.8 Å². The van der Waals surface area contributed by atoms with E-state index >= 15 is 0 Å². The van der Waals surface area contributed by atoms with Gasteiger partial charge in [0.1, 0.15) is 0 Å². The van der Waals surface area contributed by atoms with Crippen LogP contribution >= 0.6 is 9.24 Å². The molecule has 0 aliphatic carbocycles. The zero-order valence-corrected chi connectivity index (χ0v) is 17.0. The van der Waals surface area contributed by atoms with E-state index in [2.05, 4.69) is 59.2 Å². The molecule has 1 heterocycles. The SMILES string of the molecule is C=CC.CC(C)NCc1cccc(C2CCN(C(=O)/C=C/P)CC2)c1. The first-order valence-corrected chi connectivity index (χ1v) is 9.74. The van der Waals surface area contributed by atoms with Gasteiger partial charge >= 0.3 is 0 Å². The normalized spacial score (nSPS) is 15.2. The molecular weight excluding hydrogens is 327 g/mol. The van der Waals surface area contributed by atoms with Gasteiger partial charge < -0.3 is 10.2 Å². The number of likely N-dealkylation sites (tertiary alicyclic amines) is 1. The fourth-order valence-electron chi connectivity index (χ4n) is 2.90. The maximum absolute atomic E-state index is 11.9. The fourth-order valence-corrected chi connectivity index (χ4v) is 3.06. The van der Waals surface area contributed by atoms with E-state index in [0.29, 0.717) is 12.0 Å². The molecule has 0 aromatic heterocycles. The van der Waals surface area contributed by atoms with Crippen LogP contribution in [0.25, 0.3) is 0 Å². The average Bonchev–Trinajstić information content (AvgIpc) is 2.61. The van der Waals surface area contributed by atoms with Crippen molar-refractivity contribution in [3.8, 4) is 0 Å². The Hall–Kier alpha value is -1.44. The van der Waals surface area contributed by atoms with Gasteiger partial charge in [-0.15, -0.1) is 15.8 Å². The number of carbonyl (C=O) groups excluding carboxylic acids is 1. The molecule has 1 N–H and O–H groups in total. The molecule has 1 saturated heterocycles. The maximum atomic E-state index is 11.9. The van der Waals surface area contributed by atoms with Gasteiger partial charge in [0.05, 0.1) is 0 Å². The van der Waals surface area contributed by atoms with Crippen LogP contribution in [0.2, 0.25) is 0 Å². The molecule has 0 spiro atoms. The van der Waals surface area contributed by atoms with Crippen LogP contribution in [-0.2, 0) is 11.3 Å². The van der Waals surface area contributed by atoms with Gasteiger partial charge in [-0.2, -0.15) is 0 Å². The number of nitrogens with one attached hydrogen (secondary N) is 1. The van der Waals surface area contributed by atoms with Gasteiger partial charge in [-0.25, -0.2) is 0 Å². The molecule has 1 fully saturated rings. The Morgan fingerprint density at radius 3 is 2.60 bits per heavy atom. The lowest BCUT2D eigenvalue weighted by atomic mass is 9.88. The van der Waals surface area contributed by atoms with Crippen molar-refractivity contribution in [2.45, 2.75) is 52.1 Å². The van der Waals surface area contributed by atoms with Crippen molar-refractivity contribution in [3.05, 3.63) is 59.9 Å². The molecule has 1 amide bonds. The third-order valence-corrected chi connectivity index (χ3v) is 4.37. The standard InChI is InChI=1S/C18H27N2OP.C3H6/c1-14(2)19-13-15-4-3-5-17(12-15)16-6-9-20(10-7-16)18(21)8-11-22;1-3-2/h3-5,8,11-12,14,16,19H,6-7,9-10,13,22H2,1-2H3;3H,1H2,2H3/b11-8+;. The highest BCUT2D eigenvalue weighted by Gasteiger charge is 2.22. The fraction of sp³-hybridized carbons (Fsp3) is 0.476. The van der Waals surface area contributed by atoms with Crippen molar-refractivity contribution >= 4 is 15.1 Å². The molecule has 138 valence electrons. The molecule has 1 unspecified atom stereocenters. The molecule has 2 rings (SSSR count). The summed E-state index contributed by atoms with van der Waals surface area (Å²) in [5.41, 5.74) is 2.76. The predicted octanol–water partition coefficient (Wildman–Crippen LogP) is 4.47. The van der Waals surface area contributed by atoms with Crippen molar-refractivity contribution in [1.82, 2.24) is 10.2 Å². The van der Waals surface area contributed by atoms with Crippen LogP contribution in [0.1, 0.15) is 50.7 Å². The minimum absolute atomic E-state index is 0.128. The molecule has 4 heteroatoms. The number of nitrogens with zero attached hydrogens (tertiary/aromatic N) is 1. The first-order valence-electron chi connectivity index (χ1n) is 9.08. The van der Waals surface area contributed by atoms with Gasteiger partial charge in [-0.1, -0.05) is 50.0 Å². The van der Waals surface area contributed by atoms with Crippen molar-refractivity contribution in [3.63, 3.8) is 0 Å². The largest absolute Gasteiger partial charge is 0.339 e. The molecule has 1 aliphatic rings. The van der Waals surface area contributed by atoms with Gasteiger partial charge in [0.2, 0.25) is 5.91 Å². The number of hydrogen-bond donors (Lipinski definition) is 1. The molecule has 1 aromatic carbocycles. The Balaban J connectivity index is 0.000000970. The molecule has 25 heavy (non-hydrogen) atoms. The Kier molecular flexibility index (Phi) is 10.4. The van der Waals surface area contributed by atoms with Gasteiger partial charge in [0, 0.05) is 31.8 Å². The second kappa shape index (κ2) is 12.0. The zero-order valence-electron chi connectivity index (χ0n) is 15.9. The molecule has 1 aliphatic heterocycles. The summed E-state index contributed by atoms with van der Waals surface area (Å²) in [5.74, 6) is 2.44. The van der Waals surface area contributed by atoms with Crippen molar-refractivity contribution in [1.29, 1.82) is 0 Å². The quantitative estimate of drug-likeness (QED) is 0.477. The van der Waals surface area contributed by atoms with Gasteiger partial charge in [-0.3, -0.25) is 4.79 Å². The summed E-state index contributed by atoms with van der Waals surface area (Å²) in [6.45, 7) is 12.2. The molecule has 0 saturated carbocycles. The summed E-state index contributed by atoms with van der Waals surface area (Å²) in [5, 5.41) is 3.47. The Morgan fingerprint density at radius 2 is 2.04 bits per heavy atom. The van der Waals surface area contributed by atoms with E-state index in [0.717, 1.165) is 32.5 Å². The minimum Gasteiger partial charge on any atom is -0.339 e. The third-order valence-electron chi connectivity index (χ3n) is 4.18. The van der Waals surface area contributed by atoms with Crippen molar-refractivity contribution < 1.29 is 4.79 Å². The summed E-state index contributed by atoms with van der Waals surface area (Å²) < 4.78 is 0. The summed E-state index contributed by atoms with van der Waals surface area (Å²) in [6, 6.07) is 9.38. The maximum Gasteiger partial charge on any atom is 0.246 e. The first-order chi connectivity index (χ1) is 12.0. The highest BCUT2D eigenvalue weighted by atomic mass is 31.0. The topological polar surface area (TPSA) is 32.3 Å². The van der Waals surface area contributed by atoms with Crippen LogP contribution in [0, 0.1) is 0 Å². The molecule has 3 nitrogen and oxygen atoms in total. The molecule has 0 radical (unpaired) electrons. The highest BCUT2D eigenvalue weighted by Crippen LogP contribution is 2.28. The van der Waals surface area contributed by atoms with E-state index in [1.807, 2.05) is 11.8 Å². The molecule has 1 atom stereocenters. The average molecular weight is 360 g/mol. The summed E-state index contributed by atoms with van der Waals surface area (Å²) in [4.78, 5) is 13.8. The number of benzene rings is 1.